The first-order chi connectivity index (χ1) is 9.16. The fourth-order valence-corrected chi connectivity index (χ4v) is 3.24. The highest BCUT2D eigenvalue weighted by atomic mass is 32.1. The molecule has 0 N–H and O–H groups in total. The molecule has 1 saturated heterocycles. The Morgan fingerprint density at radius 1 is 1.53 bits per heavy atom. The van der Waals surface area contributed by atoms with Crippen LogP contribution in [0.4, 0.5) is 0 Å². The van der Waals surface area contributed by atoms with Crippen LogP contribution in [-0.4, -0.2) is 27.5 Å². The van der Waals surface area contributed by atoms with Crippen LogP contribution in [0.5, 0.6) is 0 Å². The molecule has 0 aliphatic carbocycles. The molecule has 0 saturated carbocycles. The molecule has 1 aliphatic rings. The van der Waals surface area contributed by atoms with Gasteiger partial charge in [-0.3, -0.25) is 4.79 Å². The van der Waals surface area contributed by atoms with Crippen molar-refractivity contribution in [1.29, 1.82) is 0 Å². The van der Waals surface area contributed by atoms with Crippen molar-refractivity contribution in [1.82, 2.24) is 15.0 Å². The minimum absolute atomic E-state index is 0.00944. The van der Waals surface area contributed by atoms with Gasteiger partial charge in [0.1, 0.15) is 4.88 Å². The Balaban J connectivity index is 1.88. The van der Waals surface area contributed by atoms with E-state index >= 15 is 0 Å². The van der Waals surface area contributed by atoms with E-state index in [0.717, 1.165) is 41.4 Å². The summed E-state index contributed by atoms with van der Waals surface area (Å²) in [6.07, 6.45) is 1.92. The summed E-state index contributed by atoms with van der Waals surface area (Å²) in [5.41, 5.74) is 3.37. The van der Waals surface area contributed by atoms with Crippen LogP contribution >= 0.6 is 11.3 Å². The maximum Gasteiger partial charge on any atom is 0.266 e. The fourth-order valence-electron chi connectivity index (χ4n) is 2.48. The lowest BCUT2D eigenvalue weighted by Crippen LogP contribution is -2.30. The van der Waals surface area contributed by atoms with E-state index < -0.39 is 0 Å². The average Bonchev–Trinajstić information content (AvgIpc) is 3.07. The van der Waals surface area contributed by atoms with E-state index in [1.165, 1.54) is 11.3 Å². The second-order valence-corrected chi connectivity index (χ2v) is 5.65. The van der Waals surface area contributed by atoms with Gasteiger partial charge in [0.15, 0.2) is 5.76 Å². The molecule has 0 aromatic carbocycles. The van der Waals surface area contributed by atoms with Gasteiger partial charge in [-0.15, -0.1) is 11.3 Å². The molecule has 6 heteroatoms. The molecule has 0 spiro atoms. The van der Waals surface area contributed by atoms with E-state index in [9.17, 15) is 4.79 Å². The summed E-state index contributed by atoms with van der Waals surface area (Å²) in [5.74, 6) is 0.835. The van der Waals surface area contributed by atoms with Crippen LogP contribution < -0.4 is 0 Å². The molecule has 19 heavy (non-hydrogen) atoms. The van der Waals surface area contributed by atoms with Crippen LogP contribution in [0.15, 0.2) is 16.1 Å². The predicted molar refractivity (Wildman–Crippen MR) is 71.1 cm³/mol. The number of hydrogen-bond donors (Lipinski definition) is 0. The average molecular weight is 277 g/mol. The second kappa shape index (κ2) is 4.77. The summed E-state index contributed by atoms with van der Waals surface area (Å²) in [5, 5.41) is 3.91. The van der Waals surface area contributed by atoms with Crippen LogP contribution in [0.2, 0.25) is 0 Å². The van der Waals surface area contributed by atoms with Crippen LogP contribution in [0.1, 0.15) is 45.7 Å². The van der Waals surface area contributed by atoms with Gasteiger partial charge < -0.3 is 9.42 Å². The molecule has 3 rings (SSSR count). The number of amides is 1. The minimum Gasteiger partial charge on any atom is -0.359 e. The van der Waals surface area contributed by atoms with Crippen LogP contribution in [0.3, 0.4) is 0 Å². The van der Waals surface area contributed by atoms with E-state index in [1.807, 2.05) is 24.8 Å². The van der Waals surface area contributed by atoms with Crippen LogP contribution in [0, 0.1) is 13.8 Å². The van der Waals surface area contributed by atoms with Crippen molar-refractivity contribution in [2.75, 3.05) is 6.54 Å². The van der Waals surface area contributed by atoms with Crippen molar-refractivity contribution >= 4 is 17.2 Å². The molecule has 0 unspecified atom stereocenters. The summed E-state index contributed by atoms with van der Waals surface area (Å²) in [7, 11) is 0. The van der Waals surface area contributed by atoms with Gasteiger partial charge in [0.05, 0.1) is 22.9 Å². The highest BCUT2D eigenvalue weighted by Crippen LogP contribution is 2.34. The first-order valence-corrected chi connectivity index (χ1v) is 7.19. The molecular weight excluding hydrogens is 262 g/mol. The number of aryl methyl sites for hydroxylation is 2. The number of thiazole rings is 1. The quantitative estimate of drug-likeness (QED) is 0.847. The molecule has 0 radical (unpaired) electrons. The third-order valence-electron chi connectivity index (χ3n) is 3.43. The Morgan fingerprint density at radius 3 is 3.00 bits per heavy atom. The van der Waals surface area contributed by atoms with Gasteiger partial charge in [-0.2, -0.15) is 0 Å². The molecule has 2 aromatic heterocycles. The van der Waals surface area contributed by atoms with Crippen molar-refractivity contribution in [3.05, 3.63) is 33.6 Å². The van der Waals surface area contributed by atoms with Crippen LogP contribution in [-0.2, 0) is 0 Å². The number of nitrogens with zero attached hydrogens (tertiary/aromatic N) is 3. The normalized spacial score (nSPS) is 19.1. The zero-order valence-electron chi connectivity index (χ0n) is 10.9. The lowest BCUT2D eigenvalue weighted by Gasteiger charge is -2.22. The molecule has 5 nitrogen and oxygen atoms in total. The van der Waals surface area contributed by atoms with Gasteiger partial charge in [0.25, 0.3) is 5.91 Å². The third kappa shape index (κ3) is 2.16. The predicted octanol–water partition coefficient (Wildman–Crippen LogP) is 2.73. The van der Waals surface area contributed by atoms with E-state index in [2.05, 4.69) is 10.1 Å². The molecule has 1 atom stereocenters. The van der Waals surface area contributed by atoms with Crippen molar-refractivity contribution in [3.63, 3.8) is 0 Å². The summed E-state index contributed by atoms with van der Waals surface area (Å²) in [4.78, 5) is 19.3. The fraction of sp³-hybridized carbons (Fsp3) is 0.462. The zero-order chi connectivity index (χ0) is 13.4. The van der Waals surface area contributed by atoms with E-state index in [1.54, 1.807) is 5.51 Å². The largest absolute Gasteiger partial charge is 0.359 e. The molecule has 1 amide bonds. The van der Waals surface area contributed by atoms with E-state index in [-0.39, 0.29) is 11.9 Å². The monoisotopic (exact) mass is 277 g/mol. The van der Waals surface area contributed by atoms with Gasteiger partial charge in [-0.25, -0.2) is 4.98 Å². The van der Waals surface area contributed by atoms with Gasteiger partial charge in [-0.1, -0.05) is 5.16 Å². The van der Waals surface area contributed by atoms with Crippen molar-refractivity contribution in [3.8, 4) is 0 Å². The third-order valence-corrected chi connectivity index (χ3v) is 4.34. The Morgan fingerprint density at radius 2 is 2.37 bits per heavy atom. The van der Waals surface area contributed by atoms with E-state index in [4.69, 9.17) is 4.52 Å². The number of hydrogen-bond acceptors (Lipinski definition) is 5. The molecular formula is C13H15N3O2S. The number of rotatable bonds is 2. The summed E-state index contributed by atoms with van der Waals surface area (Å²) >= 11 is 1.40. The summed E-state index contributed by atoms with van der Waals surface area (Å²) < 4.78 is 5.32. The minimum atomic E-state index is 0.00944. The van der Waals surface area contributed by atoms with Gasteiger partial charge >= 0.3 is 0 Å². The van der Waals surface area contributed by atoms with Crippen molar-refractivity contribution < 1.29 is 9.32 Å². The van der Waals surface area contributed by atoms with Crippen molar-refractivity contribution in [2.24, 2.45) is 0 Å². The number of carbonyl (C=O) groups excluding carboxylic acids is 1. The lowest BCUT2D eigenvalue weighted by atomic mass is 10.1. The molecule has 1 aliphatic heterocycles. The highest BCUT2D eigenvalue weighted by Gasteiger charge is 2.34. The number of likely N-dealkylation sites (tertiary alicyclic amines) is 1. The number of aromatic nitrogens is 2. The first kappa shape index (κ1) is 12.3. The second-order valence-electron chi connectivity index (χ2n) is 4.79. The summed E-state index contributed by atoms with van der Waals surface area (Å²) in [6, 6.07) is 1.92. The molecule has 100 valence electrons. The molecule has 3 heterocycles. The standard InChI is InChI=1S/C13H15N3O2S/c1-8-6-11(18-15-8)10-4-3-5-16(10)13(17)12-9(2)14-7-19-12/h6-7,10H,3-5H2,1-2H3/t10-/m0/s1. The van der Waals surface area contributed by atoms with Gasteiger partial charge in [0.2, 0.25) is 0 Å². The zero-order valence-corrected chi connectivity index (χ0v) is 11.7. The molecule has 0 bridgehead atoms. The van der Waals surface area contributed by atoms with Crippen LogP contribution in [0.25, 0.3) is 0 Å². The molecule has 2 aromatic rings. The van der Waals surface area contributed by atoms with Gasteiger partial charge in [0, 0.05) is 12.6 Å². The van der Waals surface area contributed by atoms with Crippen molar-refractivity contribution in [2.45, 2.75) is 32.7 Å². The van der Waals surface area contributed by atoms with Gasteiger partial charge in [-0.05, 0) is 26.7 Å². The first-order valence-electron chi connectivity index (χ1n) is 6.31. The Labute approximate surface area is 115 Å². The summed E-state index contributed by atoms with van der Waals surface area (Å²) in [6.45, 7) is 4.52. The number of carbonyl (C=O) groups is 1. The smallest absolute Gasteiger partial charge is 0.266 e. The van der Waals surface area contributed by atoms with E-state index in [0.29, 0.717) is 0 Å². The maximum absolute atomic E-state index is 12.6. The Hall–Kier alpha value is -1.69. The Bertz CT molecular complexity index is 605. The maximum atomic E-state index is 12.6. The SMILES string of the molecule is Cc1cc([C@@H]2CCCN2C(=O)c2scnc2C)on1. The highest BCUT2D eigenvalue weighted by molar-refractivity contribution is 7.11. The Kier molecular flexibility index (Phi) is 3.10. The molecule has 1 fully saturated rings. The lowest BCUT2D eigenvalue weighted by molar-refractivity contribution is 0.0718. The topological polar surface area (TPSA) is 59.2 Å².